The van der Waals surface area contributed by atoms with Gasteiger partial charge in [-0.25, -0.2) is 4.98 Å². The highest BCUT2D eigenvalue weighted by Gasteiger charge is 2.16. The number of unbranched alkanes of at least 4 members (excludes halogenated alkanes) is 1. The number of thiophene rings is 1. The van der Waals surface area contributed by atoms with Crippen LogP contribution in [0.3, 0.4) is 0 Å². The number of aryl methyl sites for hydroxylation is 1. The third-order valence-electron chi connectivity index (χ3n) is 4.91. The van der Waals surface area contributed by atoms with Gasteiger partial charge >= 0.3 is 0 Å². The van der Waals surface area contributed by atoms with Crippen molar-refractivity contribution in [3.05, 3.63) is 45.4 Å². The van der Waals surface area contributed by atoms with Gasteiger partial charge in [-0.2, -0.15) is 0 Å². The van der Waals surface area contributed by atoms with Gasteiger partial charge in [-0.3, -0.25) is 9.20 Å². The second-order valence-electron chi connectivity index (χ2n) is 7.06. The molecule has 0 atom stereocenters. The minimum atomic E-state index is 0.0517. The number of aromatic nitrogens is 4. The Morgan fingerprint density at radius 3 is 2.84 bits per heavy atom. The molecule has 8 nitrogen and oxygen atoms in total. The van der Waals surface area contributed by atoms with Crippen LogP contribution in [-0.2, 0) is 11.2 Å². The molecule has 0 saturated heterocycles. The Morgan fingerprint density at radius 2 is 2.06 bits per heavy atom. The topological polar surface area (TPSA) is 93.4 Å². The lowest BCUT2D eigenvalue weighted by molar-refractivity contribution is -0.120. The molecule has 0 spiro atoms. The lowest BCUT2D eigenvalue weighted by Gasteiger charge is -2.12. The van der Waals surface area contributed by atoms with E-state index in [0.717, 1.165) is 29.1 Å². The van der Waals surface area contributed by atoms with Crippen LogP contribution in [0.25, 0.3) is 16.7 Å². The van der Waals surface area contributed by atoms with Crippen LogP contribution in [-0.4, -0.2) is 45.7 Å². The quantitative estimate of drug-likeness (QED) is 0.370. The number of nitrogens with one attached hydrogen (secondary N) is 2. The zero-order valence-electron chi connectivity index (χ0n) is 17.3. The number of fused-ring (bicyclic) bond motifs is 3. The van der Waals surface area contributed by atoms with Gasteiger partial charge in [-0.05, 0) is 43.3 Å². The molecule has 0 aliphatic rings. The maximum absolute atomic E-state index is 12.0. The fourth-order valence-corrected chi connectivity index (χ4v) is 4.37. The van der Waals surface area contributed by atoms with Crippen LogP contribution in [0.4, 0.5) is 5.82 Å². The van der Waals surface area contributed by atoms with Crippen molar-refractivity contribution in [1.29, 1.82) is 0 Å². The summed E-state index contributed by atoms with van der Waals surface area (Å²) in [4.78, 5) is 17.7. The van der Waals surface area contributed by atoms with Crippen molar-refractivity contribution < 1.29 is 9.53 Å². The van der Waals surface area contributed by atoms with Gasteiger partial charge in [-0.15, -0.1) is 21.5 Å². The molecule has 0 saturated carbocycles. The van der Waals surface area contributed by atoms with Crippen molar-refractivity contribution in [2.75, 3.05) is 25.5 Å². The van der Waals surface area contributed by atoms with E-state index in [1.807, 2.05) is 41.0 Å². The smallest absolute Gasteiger partial charge is 0.225 e. The highest BCUT2D eigenvalue weighted by atomic mass is 35.5. The average molecular weight is 459 g/mol. The predicted molar refractivity (Wildman–Crippen MR) is 123 cm³/mol. The zero-order chi connectivity index (χ0) is 21.8. The van der Waals surface area contributed by atoms with E-state index in [2.05, 4.69) is 20.8 Å². The molecule has 4 aromatic rings. The van der Waals surface area contributed by atoms with E-state index in [4.69, 9.17) is 21.3 Å². The molecule has 0 aliphatic carbocycles. The van der Waals surface area contributed by atoms with E-state index >= 15 is 0 Å². The molecule has 3 heterocycles. The Bertz CT molecular complexity index is 1210. The number of ether oxygens (including phenoxy) is 1. The maximum atomic E-state index is 12.0. The number of benzene rings is 1. The standard InChI is InChI=1S/C21H23ClN6O2S/c1-13-26-27-21-20(25-19-15(28(13)21)7-8-16(30-2)18(19)22)24-10-4-3-9-23-17(29)12-14-6-5-11-31-14/h5-8,11H,3-4,9-10,12H2,1-2H3,(H,23,29)(H,24,25). The molecule has 10 heteroatoms. The number of amides is 1. The van der Waals surface area contributed by atoms with Crippen LogP contribution in [0, 0.1) is 6.92 Å². The van der Waals surface area contributed by atoms with Crippen LogP contribution in [0.2, 0.25) is 5.02 Å². The Hall–Kier alpha value is -2.91. The molecular formula is C21H23ClN6O2S. The second kappa shape index (κ2) is 9.49. The molecule has 0 bridgehead atoms. The van der Waals surface area contributed by atoms with E-state index in [1.165, 1.54) is 0 Å². The molecule has 0 fully saturated rings. The van der Waals surface area contributed by atoms with Crippen molar-refractivity contribution >= 4 is 51.3 Å². The van der Waals surface area contributed by atoms with E-state index < -0.39 is 0 Å². The third-order valence-corrected chi connectivity index (χ3v) is 6.16. The van der Waals surface area contributed by atoms with Gasteiger partial charge in [0.1, 0.15) is 22.1 Å². The molecule has 31 heavy (non-hydrogen) atoms. The molecule has 1 amide bonds. The Morgan fingerprint density at radius 1 is 1.23 bits per heavy atom. The van der Waals surface area contributed by atoms with E-state index in [1.54, 1.807) is 18.4 Å². The number of rotatable bonds is 9. The first kappa shape index (κ1) is 21.3. The number of halogens is 1. The van der Waals surface area contributed by atoms with Gasteiger partial charge in [0.2, 0.25) is 11.6 Å². The van der Waals surface area contributed by atoms with E-state index in [0.29, 0.717) is 47.3 Å². The Balaban J connectivity index is 1.39. The summed E-state index contributed by atoms with van der Waals surface area (Å²) < 4.78 is 7.26. The number of methoxy groups -OCH3 is 1. The van der Waals surface area contributed by atoms with Crippen molar-refractivity contribution in [2.45, 2.75) is 26.2 Å². The van der Waals surface area contributed by atoms with E-state index in [9.17, 15) is 4.79 Å². The normalized spacial score (nSPS) is 11.2. The lowest BCUT2D eigenvalue weighted by Crippen LogP contribution is -2.26. The number of hydrogen-bond acceptors (Lipinski definition) is 7. The molecule has 1 aromatic carbocycles. The fourth-order valence-electron chi connectivity index (χ4n) is 3.38. The number of carbonyl (C=O) groups excluding carboxylic acids is 1. The first-order valence-electron chi connectivity index (χ1n) is 9.99. The summed E-state index contributed by atoms with van der Waals surface area (Å²) in [5.74, 6) is 1.98. The van der Waals surface area contributed by atoms with Gasteiger partial charge in [-0.1, -0.05) is 17.7 Å². The average Bonchev–Trinajstić information content (AvgIpc) is 3.41. The molecule has 4 rings (SSSR count). The highest BCUT2D eigenvalue weighted by Crippen LogP contribution is 2.33. The van der Waals surface area contributed by atoms with E-state index in [-0.39, 0.29) is 5.91 Å². The first-order chi connectivity index (χ1) is 15.1. The van der Waals surface area contributed by atoms with Crippen molar-refractivity contribution in [3.8, 4) is 5.75 Å². The summed E-state index contributed by atoms with van der Waals surface area (Å²) in [6.45, 7) is 3.21. The lowest BCUT2D eigenvalue weighted by atomic mass is 10.2. The van der Waals surface area contributed by atoms with Gasteiger partial charge in [0.05, 0.1) is 19.0 Å². The van der Waals surface area contributed by atoms with Crippen LogP contribution in [0.15, 0.2) is 29.6 Å². The van der Waals surface area contributed by atoms with Gasteiger partial charge in [0, 0.05) is 18.0 Å². The predicted octanol–water partition coefficient (Wildman–Crippen LogP) is 3.86. The Labute approximate surface area is 188 Å². The largest absolute Gasteiger partial charge is 0.495 e. The summed E-state index contributed by atoms with van der Waals surface area (Å²) in [5.41, 5.74) is 2.09. The van der Waals surface area contributed by atoms with Crippen LogP contribution in [0.5, 0.6) is 5.75 Å². The molecule has 0 unspecified atom stereocenters. The van der Waals surface area contributed by atoms with Gasteiger partial charge in [0.25, 0.3) is 0 Å². The number of hydrogen-bond donors (Lipinski definition) is 2. The fraction of sp³-hybridized carbons (Fsp3) is 0.333. The zero-order valence-corrected chi connectivity index (χ0v) is 18.9. The van der Waals surface area contributed by atoms with Crippen LogP contribution < -0.4 is 15.4 Å². The SMILES string of the molecule is COc1ccc2c(nc(NCCCCNC(=O)Cc3cccs3)c3nnc(C)n32)c1Cl. The number of carbonyl (C=O) groups is 1. The number of nitrogens with zero attached hydrogens (tertiary/aromatic N) is 4. The summed E-state index contributed by atoms with van der Waals surface area (Å²) in [7, 11) is 1.58. The van der Waals surface area contributed by atoms with Crippen molar-refractivity contribution in [3.63, 3.8) is 0 Å². The summed E-state index contributed by atoms with van der Waals surface area (Å²) in [6.07, 6.45) is 2.16. The molecule has 162 valence electrons. The van der Waals surface area contributed by atoms with Crippen LogP contribution in [0.1, 0.15) is 23.5 Å². The summed E-state index contributed by atoms with van der Waals surface area (Å²) >= 11 is 8.10. The third kappa shape index (κ3) is 4.57. The monoisotopic (exact) mass is 458 g/mol. The molecule has 2 N–H and O–H groups in total. The van der Waals surface area contributed by atoms with Crippen molar-refractivity contribution in [2.24, 2.45) is 0 Å². The van der Waals surface area contributed by atoms with Gasteiger partial charge < -0.3 is 15.4 Å². The molecule has 3 aromatic heterocycles. The molecular weight excluding hydrogens is 436 g/mol. The van der Waals surface area contributed by atoms with Gasteiger partial charge in [0.15, 0.2) is 5.82 Å². The summed E-state index contributed by atoms with van der Waals surface area (Å²) in [6, 6.07) is 7.64. The minimum Gasteiger partial charge on any atom is -0.495 e. The maximum Gasteiger partial charge on any atom is 0.225 e. The van der Waals surface area contributed by atoms with Crippen molar-refractivity contribution in [1.82, 2.24) is 24.9 Å². The number of anilines is 1. The molecule has 0 radical (unpaired) electrons. The first-order valence-corrected chi connectivity index (χ1v) is 11.2. The summed E-state index contributed by atoms with van der Waals surface area (Å²) in [5, 5.41) is 17.2. The van der Waals surface area contributed by atoms with Crippen LogP contribution >= 0.6 is 22.9 Å². The second-order valence-corrected chi connectivity index (χ2v) is 8.47. The Kier molecular flexibility index (Phi) is 6.53. The minimum absolute atomic E-state index is 0.0517. The highest BCUT2D eigenvalue weighted by molar-refractivity contribution is 7.10. The molecule has 0 aliphatic heterocycles.